The van der Waals surface area contributed by atoms with E-state index in [4.69, 9.17) is 0 Å². The lowest BCUT2D eigenvalue weighted by Crippen LogP contribution is -2.47. The highest BCUT2D eigenvalue weighted by molar-refractivity contribution is 7.90. The number of piperidine rings is 1. The van der Waals surface area contributed by atoms with Crippen molar-refractivity contribution in [2.75, 3.05) is 31.6 Å². The molecule has 2 aliphatic rings. The Kier molecular flexibility index (Phi) is 7.15. The molecule has 1 heterocycles. The predicted octanol–water partition coefficient (Wildman–Crippen LogP) is 1.61. The molecule has 0 unspecified atom stereocenters. The molecule has 1 saturated carbocycles. The number of carbonyl (C=O) groups is 1. The summed E-state index contributed by atoms with van der Waals surface area (Å²) >= 11 is 0. The second kappa shape index (κ2) is 7.97. The molecule has 5 nitrogen and oxygen atoms in total. The second-order valence-corrected chi connectivity index (χ2v) is 8.96. The van der Waals surface area contributed by atoms with Crippen LogP contribution in [0.15, 0.2) is 0 Å². The van der Waals surface area contributed by atoms with E-state index in [0.717, 1.165) is 51.7 Å². The molecule has 0 spiro atoms. The first-order valence-electron chi connectivity index (χ1n) is 8.03. The van der Waals surface area contributed by atoms with Gasteiger partial charge in [-0.15, -0.1) is 12.4 Å². The zero-order valence-electron chi connectivity index (χ0n) is 13.6. The van der Waals surface area contributed by atoms with Gasteiger partial charge in [0.1, 0.15) is 9.84 Å². The van der Waals surface area contributed by atoms with E-state index in [9.17, 15) is 13.2 Å². The fraction of sp³-hybridized carbons (Fsp3) is 0.933. The van der Waals surface area contributed by atoms with E-state index in [-0.39, 0.29) is 29.5 Å². The van der Waals surface area contributed by atoms with Gasteiger partial charge in [-0.2, -0.15) is 0 Å². The number of halogens is 1. The molecule has 1 aliphatic heterocycles. The molecule has 0 aromatic rings. The Morgan fingerprint density at radius 1 is 1.27 bits per heavy atom. The van der Waals surface area contributed by atoms with Crippen LogP contribution in [0.4, 0.5) is 0 Å². The van der Waals surface area contributed by atoms with Crippen molar-refractivity contribution < 1.29 is 13.2 Å². The average molecular weight is 353 g/mol. The lowest BCUT2D eigenvalue weighted by Gasteiger charge is -2.35. The van der Waals surface area contributed by atoms with Gasteiger partial charge in [0, 0.05) is 25.3 Å². The normalized spacial score (nSPS) is 21.0. The average Bonchev–Trinajstić information content (AvgIpc) is 3.13. The van der Waals surface area contributed by atoms with E-state index < -0.39 is 9.84 Å². The van der Waals surface area contributed by atoms with Crippen molar-refractivity contribution in [3.8, 4) is 0 Å². The van der Waals surface area contributed by atoms with Crippen LogP contribution in [0.3, 0.4) is 0 Å². The Morgan fingerprint density at radius 3 is 2.32 bits per heavy atom. The molecule has 1 aliphatic carbocycles. The van der Waals surface area contributed by atoms with Crippen molar-refractivity contribution in [2.24, 2.45) is 5.41 Å². The Hall–Kier alpha value is -0.330. The minimum atomic E-state index is -3.01. The van der Waals surface area contributed by atoms with Crippen LogP contribution in [-0.4, -0.2) is 56.9 Å². The maximum Gasteiger partial charge on any atom is 0.223 e. The maximum absolute atomic E-state index is 12.7. The molecule has 130 valence electrons. The summed E-state index contributed by atoms with van der Waals surface area (Å²) in [5.74, 6) is 0.322. The first kappa shape index (κ1) is 19.7. The van der Waals surface area contributed by atoms with Crippen LogP contribution in [-0.2, 0) is 14.6 Å². The van der Waals surface area contributed by atoms with Gasteiger partial charge in [0.15, 0.2) is 0 Å². The molecule has 1 saturated heterocycles. The zero-order valence-corrected chi connectivity index (χ0v) is 15.3. The van der Waals surface area contributed by atoms with Crippen LogP contribution in [0.2, 0.25) is 0 Å². The zero-order chi connectivity index (χ0) is 15.5. The minimum Gasteiger partial charge on any atom is -0.340 e. The number of nitrogens with one attached hydrogen (secondary N) is 1. The molecule has 0 aromatic heterocycles. The number of nitrogens with zero attached hydrogens (tertiary/aromatic N) is 1. The molecule has 0 aromatic carbocycles. The van der Waals surface area contributed by atoms with Crippen LogP contribution in [0.25, 0.3) is 0 Å². The fourth-order valence-electron chi connectivity index (χ4n) is 3.40. The Balaban J connectivity index is 0.00000242. The predicted molar refractivity (Wildman–Crippen MR) is 91.1 cm³/mol. The van der Waals surface area contributed by atoms with Crippen LogP contribution < -0.4 is 5.32 Å². The summed E-state index contributed by atoms with van der Waals surface area (Å²) in [5, 5.41) is 3.33. The van der Waals surface area contributed by atoms with Gasteiger partial charge in [-0.3, -0.25) is 4.79 Å². The van der Waals surface area contributed by atoms with E-state index in [1.54, 1.807) is 0 Å². The smallest absolute Gasteiger partial charge is 0.223 e. The summed E-state index contributed by atoms with van der Waals surface area (Å²) in [7, 11) is -3.01. The summed E-state index contributed by atoms with van der Waals surface area (Å²) in [6, 6.07) is 0.327. The molecular weight excluding hydrogens is 324 g/mol. The third-order valence-electron chi connectivity index (χ3n) is 4.59. The summed E-state index contributed by atoms with van der Waals surface area (Å²) in [6.07, 6.45) is 6.39. The van der Waals surface area contributed by atoms with Crippen molar-refractivity contribution in [3.05, 3.63) is 0 Å². The molecule has 0 bridgehead atoms. The molecule has 7 heteroatoms. The number of hydrogen-bond donors (Lipinski definition) is 1. The topological polar surface area (TPSA) is 66.5 Å². The quantitative estimate of drug-likeness (QED) is 0.756. The third kappa shape index (κ3) is 5.70. The Morgan fingerprint density at radius 2 is 1.86 bits per heavy atom. The van der Waals surface area contributed by atoms with Gasteiger partial charge in [0.25, 0.3) is 0 Å². The van der Waals surface area contributed by atoms with E-state index in [1.807, 2.05) is 4.90 Å². The molecule has 0 atom stereocenters. The van der Waals surface area contributed by atoms with Crippen molar-refractivity contribution in [1.29, 1.82) is 0 Å². The molecule has 1 N–H and O–H groups in total. The summed E-state index contributed by atoms with van der Waals surface area (Å²) in [6.45, 7) is 4.81. The highest BCUT2D eigenvalue weighted by atomic mass is 35.5. The Bertz CT molecular complexity index is 471. The van der Waals surface area contributed by atoms with Crippen LogP contribution in [0.1, 0.15) is 45.4 Å². The SMILES string of the molecule is CCCN(C(=O)CC1(CS(C)(=O)=O)CC1)C1CCNCC1.Cl. The van der Waals surface area contributed by atoms with Gasteiger partial charge in [-0.25, -0.2) is 8.42 Å². The lowest BCUT2D eigenvalue weighted by atomic mass is 10.00. The molecular formula is C15H29ClN2O3S. The molecule has 2 rings (SSSR count). The minimum absolute atomic E-state index is 0. The van der Waals surface area contributed by atoms with Gasteiger partial charge < -0.3 is 10.2 Å². The van der Waals surface area contributed by atoms with E-state index >= 15 is 0 Å². The van der Waals surface area contributed by atoms with E-state index in [2.05, 4.69) is 12.2 Å². The van der Waals surface area contributed by atoms with Crippen molar-refractivity contribution in [1.82, 2.24) is 10.2 Å². The van der Waals surface area contributed by atoms with Crippen LogP contribution in [0.5, 0.6) is 0 Å². The van der Waals surface area contributed by atoms with Gasteiger partial charge >= 0.3 is 0 Å². The number of rotatable bonds is 7. The number of carbonyl (C=O) groups excluding carboxylic acids is 1. The fourth-order valence-corrected chi connectivity index (χ4v) is 4.90. The summed E-state index contributed by atoms with van der Waals surface area (Å²) < 4.78 is 23.1. The highest BCUT2D eigenvalue weighted by Crippen LogP contribution is 2.50. The van der Waals surface area contributed by atoms with Crippen LogP contribution >= 0.6 is 12.4 Å². The summed E-state index contributed by atoms with van der Waals surface area (Å²) in [5.41, 5.74) is -0.260. The van der Waals surface area contributed by atoms with Crippen LogP contribution in [0, 0.1) is 5.41 Å². The largest absolute Gasteiger partial charge is 0.340 e. The molecule has 22 heavy (non-hydrogen) atoms. The van der Waals surface area contributed by atoms with E-state index in [0.29, 0.717) is 12.5 Å². The molecule has 0 radical (unpaired) electrons. The number of amides is 1. The monoisotopic (exact) mass is 352 g/mol. The summed E-state index contributed by atoms with van der Waals surface area (Å²) in [4.78, 5) is 14.7. The maximum atomic E-state index is 12.7. The van der Waals surface area contributed by atoms with E-state index in [1.165, 1.54) is 6.26 Å². The Labute approximate surface area is 140 Å². The second-order valence-electron chi connectivity index (χ2n) is 6.82. The van der Waals surface area contributed by atoms with Crippen molar-refractivity contribution >= 4 is 28.2 Å². The van der Waals surface area contributed by atoms with Gasteiger partial charge in [0.05, 0.1) is 5.75 Å². The lowest BCUT2D eigenvalue weighted by molar-refractivity contribution is -0.135. The van der Waals surface area contributed by atoms with Gasteiger partial charge in [-0.1, -0.05) is 6.92 Å². The first-order chi connectivity index (χ1) is 9.85. The number of hydrogen-bond acceptors (Lipinski definition) is 4. The molecule has 2 fully saturated rings. The standard InChI is InChI=1S/C15H28N2O3S.ClH/c1-3-10-17(13-4-8-16-9-5-13)14(18)11-15(6-7-15)12-21(2,19)20;/h13,16H,3-12H2,1-2H3;1H. The van der Waals surface area contributed by atoms with Gasteiger partial charge in [-0.05, 0) is 50.6 Å². The van der Waals surface area contributed by atoms with Crippen molar-refractivity contribution in [2.45, 2.75) is 51.5 Å². The third-order valence-corrected chi connectivity index (χ3v) is 5.72. The highest BCUT2D eigenvalue weighted by Gasteiger charge is 2.47. The molecule has 1 amide bonds. The number of sulfone groups is 1. The first-order valence-corrected chi connectivity index (χ1v) is 10.1. The van der Waals surface area contributed by atoms with Gasteiger partial charge in [0.2, 0.25) is 5.91 Å². The van der Waals surface area contributed by atoms with Crippen molar-refractivity contribution in [3.63, 3.8) is 0 Å².